The number of piperazine rings is 1. The fraction of sp³-hybridized carbons (Fsp3) is 0.462. The number of H-pyrrole nitrogens is 1. The number of aromatic nitrogens is 3. The van der Waals surface area contributed by atoms with Gasteiger partial charge in [0.2, 0.25) is 11.8 Å². The summed E-state index contributed by atoms with van der Waals surface area (Å²) in [6.07, 6.45) is 6.63. The Morgan fingerprint density at radius 3 is 2.66 bits per heavy atom. The zero-order valence-corrected chi connectivity index (χ0v) is 20.5. The Kier molecular flexibility index (Phi) is 6.42. The Labute approximate surface area is 205 Å². The van der Waals surface area contributed by atoms with Gasteiger partial charge in [-0.1, -0.05) is 12.5 Å². The van der Waals surface area contributed by atoms with Crippen LogP contribution in [0.1, 0.15) is 40.0 Å². The fourth-order valence-corrected chi connectivity index (χ4v) is 5.47. The van der Waals surface area contributed by atoms with E-state index in [9.17, 15) is 9.59 Å². The molecule has 0 bridgehead atoms. The molecule has 3 aromatic heterocycles. The predicted molar refractivity (Wildman–Crippen MR) is 137 cm³/mol. The molecule has 9 nitrogen and oxygen atoms in total. The molecular formula is C26H33N7O2. The molecule has 0 radical (unpaired) electrons. The predicted octanol–water partition coefficient (Wildman–Crippen LogP) is 3.15. The highest BCUT2D eigenvalue weighted by Gasteiger charge is 2.31. The highest BCUT2D eigenvalue weighted by molar-refractivity contribution is 5.99. The summed E-state index contributed by atoms with van der Waals surface area (Å²) in [6, 6.07) is 8.05. The maximum absolute atomic E-state index is 12.7. The minimum atomic E-state index is -0.156. The Bertz CT molecular complexity index is 1220. The smallest absolute Gasteiger partial charge is 0.241 e. The number of carbonyl (C=O) groups excluding carboxylic acids is 2. The number of nitrogens with zero attached hydrogens (tertiary/aromatic N) is 4. The van der Waals surface area contributed by atoms with Crippen molar-refractivity contribution < 1.29 is 9.59 Å². The van der Waals surface area contributed by atoms with Crippen molar-refractivity contribution >= 4 is 34.4 Å². The first-order valence-electron chi connectivity index (χ1n) is 12.4. The van der Waals surface area contributed by atoms with E-state index in [0.29, 0.717) is 5.69 Å². The highest BCUT2D eigenvalue weighted by atomic mass is 16.2. The normalized spacial score (nSPS) is 22.9. The van der Waals surface area contributed by atoms with Crippen molar-refractivity contribution in [3.8, 4) is 11.3 Å². The summed E-state index contributed by atoms with van der Waals surface area (Å²) in [7, 11) is 0. The van der Waals surface area contributed by atoms with Crippen LogP contribution in [0.25, 0.3) is 22.3 Å². The topological polar surface area (TPSA) is 106 Å². The maximum Gasteiger partial charge on any atom is 0.241 e. The number of rotatable bonds is 4. The third-order valence-electron chi connectivity index (χ3n) is 7.04. The first-order chi connectivity index (χ1) is 16.9. The number of aromatic amines is 1. The van der Waals surface area contributed by atoms with E-state index >= 15 is 0 Å². The summed E-state index contributed by atoms with van der Waals surface area (Å²) in [5.41, 5.74) is 3.19. The largest absolute Gasteiger partial charge is 0.352 e. The number of nitrogens with one attached hydrogen (secondary N) is 3. The molecule has 0 saturated carbocycles. The molecule has 5 rings (SSSR count). The molecule has 2 amide bonds. The van der Waals surface area contributed by atoms with Crippen LogP contribution >= 0.6 is 0 Å². The van der Waals surface area contributed by atoms with E-state index in [0.717, 1.165) is 67.0 Å². The SMILES string of the molecule is CC(=O)N1[C@H](C)CN(c2cccc(-c3c[nH]c4ncc(NC(=O)[C@@H]5CCCCN5)cc34)n2)C[C@@H]1C. The first kappa shape index (κ1) is 23.3. The van der Waals surface area contributed by atoms with Gasteiger partial charge in [0.05, 0.1) is 23.6 Å². The zero-order valence-electron chi connectivity index (χ0n) is 20.5. The average Bonchev–Trinajstić information content (AvgIpc) is 3.27. The van der Waals surface area contributed by atoms with Gasteiger partial charge in [-0.3, -0.25) is 9.59 Å². The van der Waals surface area contributed by atoms with E-state index in [1.54, 1.807) is 13.1 Å². The molecule has 2 aliphatic rings. The van der Waals surface area contributed by atoms with Gasteiger partial charge in [0.25, 0.3) is 0 Å². The Hall–Kier alpha value is -3.46. The van der Waals surface area contributed by atoms with E-state index in [1.807, 2.05) is 35.4 Å². The van der Waals surface area contributed by atoms with Crippen molar-refractivity contribution in [2.75, 3.05) is 29.9 Å². The van der Waals surface area contributed by atoms with E-state index in [2.05, 4.69) is 39.3 Å². The molecule has 0 aromatic carbocycles. The monoisotopic (exact) mass is 475 g/mol. The van der Waals surface area contributed by atoms with Gasteiger partial charge in [-0.25, -0.2) is 9.97 Å². The summed E-state index contributed by atoms with van der Waals surface area (Å²) >= 11 is 0. The van der Waals surface area contributed by atoms with Crippen molar-refractivity contribution in [2.45, 2.75) is 58.2 Å². The number of pyridine rings is 2. The molecule has 0 unspecified atom stereocenters. The van der Waals surface area contributed by atoms with Crippen molar-refractivity contribution in [2.24, 2.45) is 0 Å². The van der Waals surface area contributed by atoms with Crippen molar-refractivity contribution in [1.82, 2.24) is 25.2 Å². The lowest BCUT2D eigenvalue weighted by atomic mass is 10.0. The molecule has 5 heterocycles. The van der Waals surface area contributed by atoms with Gasteiger partial charge in [-0.15, -0.1) is 0 Å². The summed E-state index contributed by atoms with van der Waals surface area (Å²) in [6.45, 7) is 8.15. The van der Waals surface area contributed by atoms with Crippen LogP contribution in [0.15, 0.2) is 36.7 Å². The van der Waals surface area contributed by atoms with Crippen LogP contribution in [0.2, 0.25) is 0 Å². The molecule has 184 valence electrons. The lowest BCUT2D eigenvalue weighted by Gasteiger charge is -2.44. The van der Waals surface area contributed by atoms with Crippen LogP contribution in [0.3, 0.4) is 0 Å². The van der Waals surface area contributed by atoms with Crippen LogP contribution in [-0.2, 0) is 9.59 Å². The molecule has 3 aromatic rings. The van der Waals surface area contributed by atoms with Crippen molar-refractivity contribution in [3.63, 3.8) is 0 Å². The zero-order chi connectivity index (χ0) is 24.5. The van der Waals surface area contributed by atoms with Gasteiger partial charge < -0.3 is 25.4 Å². The lowest BCUT2D eigenvalue weighted by Crippen LogP contribution is -2.58. The first-order valence-corrected chi connectivity index (χ1v) is 12.4. The van der Waals surface area contributed by atoms with E-state index in [4.69, 9.17) is 4.98 Å². The molecule has 0 aliphatic carbocycles. The standard InChI is InChI=1S/C26H33N7O2/c1-16-14-32(15-17(2)33(16)18(3)34)24-9-6-8-22(31-24)21-13-29-25-20(21)11-19(12-28-25)30-26(35)23-7-4-5-10-27-23/h6,8-9,11-13,16-17,23,27H,4-5,7,10,14-15H2,1-3H3,(H,28,29)(H,30,35)/t16-,17+,23-/m0/s1. The molecule has 3 N–H and O–H groups in total. The number of anilines is 2. The molecule has 2 saturated heterocycles. The Balaban J connectivity index is 1.39. The van der Waals surface area contributed by atoms with Crippen molar-refractivity contribution in [3.05, 3.63) is 36.7 Å². The van der Waals surface area contributed by atoms with E-state index in [1.165, 1.54) is 0 Å². The highest BCUT2D eigenvalue weighted by Crippen LogP contribution is 2.30. The third kappa shape index (κ3) is 4.73. The van der Waals surface area contributed by atoms with Crippen LogP contribution in [0, 0.1) is 0 Å². The van der Waals surface area contributed by atoms with E-state index in [-0.39, 0.29) is 29.9 Å². The van der Waals surface area contributed by atoms with Gasteiger partial charge in [-0.05, 0) is 51.4 Å². The second kappa shape index (κ2) is 9.65. The average molecular weight is 476 g/mol. The third-order valence-corrected chi connectivity index (χ3v) is 7.04. The van der Waals surface area contributed by atoms with Gasteiger partial charge in [0.15, 0.2) is 0 Å². The fourth-order valence-electron chi connectivity index (χ4n) is 5.47. The van der Waals surface area contributed by atoms with Crippen LogP contribution < -0.4 is 15.5 Å². The number of fused-ring (bicyclic) bond motifs is 1. The summed E-state index contributed by atoms with van der Waals surface area (Å²) in [5, 5.41) is 7.21. The van der Waals surface area contributed by atoms with Crippen LogP contribution in [0.5, 0.6) is 0 Å². The second-order valence-electron chi connectivity index (χ2n) is 9.72. The molecule has 3 atom stereocenters. The maximum atomic E-state index is 12.7. The Morgan fingerprint density at radius 1 is 1.14 bits per heavy atom. The van der Waals surface area contributed by atoms with Gasteiger partial charge in [-0.2, -0.15) is 0 Å². The summed E-state index contributed by atoms with van der Waals surface area (Å²) in [5.74, 6) is 0.982. The number of hydrogen-bond donors (Lipinski definition) is 3. The molecular weight excluding hydrogens is 442 g/mol. The van der Waals surface area contributed by atoms with Gasteiger partial charge >= 0.3 is 0 Å². The molecule has 35 heavy (non-hydrogen) atoms. The minimum absolute atomic E-state index is 0.0176. The molecule has 0 spiro atoms. The summed E-state index contributed by atoms with van der Waals surface area (Å²) in [4.78, 5) is 41.6. The summed E-state index contributed by atoms with van der Waals surface area (Å²) < 4.78 is 0. The number of carbonyl (C=O) groups is 2. The van der Waals surface area contributed by atoms with Gasteiger partial charge in [0, 0.05) is 49.2 Å². The number of amides is 2. The van der Waals surface area contributed by atoms with E-state index < -0.39 is 0 Å². The van der Waals surface area contributed by atoms with Gasteiger partial charge in [0.1, 0.15) is 11.5 Å². The quantitative estimate of drug-likeness (QED) is 0.535. The second-order valence-corrected chi connectivity index (χ2v) is 9.72. The number of hydrogen-bond acceptors (Lipinski definition) is 6. The minimum Gasteiger partial charge on any atom is -0.352 e. The molecule has 9 heteroatoms. The lowest BCUT2D eigenvalue weighted by molar-refractivity contribution is -0.133. The van der Waals surface area contributed by atoms with Crippen LogP contribution in [0.4, 0.5) is 11.5 Å². The number of piperidine rings is 1. The molecule has 2 aliphatic heterocycles. The molecule has 2 fully saturated rings. The van der Waals surface area contributed by atoms with Crippen molar-refractivity contribution in [1.29, 1.82) is 0 Å². The Morgan fingerprint density at radius 2 is 1.94 bits per heavy atom. The van der Waals surface area contributed by atoms with Crippen LogP contribution in [-0.4, -0.2) is 69.4 Å².